The molecular formula is C33H43N8O2PS. The number of anilines is 5. The first-order valence-electron chi connectivity index (χ1n) is 15.7. The van der Waals surface area contributed by atoms with E-state index in [1.807, 2.05) is 29.6 Å². The second kappa shape index (κ2) is 13.9. The van der Waals surface area contributed by atoms with Crippen LogP contribution in [0.4, 0.5) is 28.8 Å². The number of aromatic nitrogens is 3. The number of piperazine rings is 1. The molecule has 2 aliphatic rings. The van der Waals surface area contributed by atoms with Crippen LogP contribution in [0.15, 0.2) is 54.2 Å². The van der Waals surface area contributed by atoms with Crippen molar-refractivity contribution in [3.05, 3.63) is 59.7 Å². The number of hydrogen-bond donors (Lipinski definition) is 3. The van der Waals surface area contributed by atoms with Crippen LogP contribution in [0.25, 0.3) is 10.6 Å². The summed E-state index contributed by atoms with van der Waals surface area (Å²) in [6, 6.07) is 12.7. The number of hydrogen-bond acceptors (Lipinski definition) is 11. The first-order chi connectivity index (χ1) is 21.8. The number of nitrogens with zero attached hydrogens (tertiary/aromatic N) is 5. The van der Waals surface area contributed by atoms with Gasteiger partial charge in [-0.25, -0.2) is 9.97 Å². The first kappa shape index (κ1) is 31.5. The molecule has 3 N–H and O–H groups in total. The smallest absolute Gasteiger partial charge is 0.229 e. The average Bonchev–Trinajstić information content (AvgIpc) is 3.60. The molecule has 0 bridgehead atoms. The minimum Gasteiger partial charge on any atom is -0.494 e. The third kappa shape index (κ3) is 7.17. The van der Waals surface area contributed by atoms with Gasteiger partial charge in [-0.15, -0.1) is 11.3 Å². The predicted molar refractivity (Wildman–Crippen MR) is 187 cm³/mol. The maximum Gasteiger partial charge on any atom is 0.229 e. The molecule has 4 aromatic rings. The topological polar surface area (TPSA) is 108 Å². The molecule has 45 heavy (non-hydrogen) atoms. The van der Waals surface area contributed by atoms with Gasteiger partial charge in [-0.1, -0.05) is 19.1 Å². The van der Waals surface area contributed by atoms with E-state index >= 15 is 0 Å². The lowest BCUT2D eigenvalue weighted by Gasteiger charge is -2.41. The van der Waals surface area contributed by atoms with Gasteiger partial charge in [-0.05, 0) is 56.4 Å². The Morgan fingerprint density at radius 1 is 1.04 bits per heavy atom. The molecule has 0 unspecified atom stereocenters. The van der Waals surface area contributed by atoms with Crippen molar-refractivity contribution < 1.29 is 9.30 Å². The number of ether oxygens (including phenoxy) is 1. The van der Waals surface area contributed by atoms with Crippen LogP contribution in [0.2, 0.25) is 0 Å². The Morgan fingerprint density at radius 3 is 2.51 bits per heavy atom. The summed E-state index contributed by atoms with van der Waals surface area (Å²) < 4.78 is 19.0. The third-order valence-electron chi connectivity index (χ3n) is 8.69. The van der Waals surface area contributed by atoms with Crippen LogP contribution >= 0.6 is 18.5 Å². The fourth-order valence-corrected chi connectivity index (χ4v) is 8.13. The zero-order chi connectivity index (χ0) is 31.4. The van der Waals surface area contributed by atoms with Crippen molar-refractivity contribution in [3.8, 4) is 16.3 Å². The van der Waals surface area contributed by atoms with Gasteiger partial charge in [0.2, 0.25) is 5.95 Å². The Morgan fingerprint density at radius 2 is 1.82 bits per heavy atom. The van der Waals surface area contributed by atoms with Crippen molar-refractivity contribution in [1.82, 2.24) is 25.2 Å². The largest absolute Gasteiger partial charge is 0.494 e. The predicted octanol–water partition coefficient (Wildman–Crippen LogP) is 5.78. The van der Waals surface area contributed by atoms with Crippen molar-refractivity contribution in [2.75, 3.05) is 75.2 Å². The van der Waals surface area contributed by atoms with Gasteiger partial charge in [0.15, 0.2) is 0 Å². The van der Waals surface area contributed by atoms with E-state index in [-0.39, 0.29) is 0 Å². The van der Waals surface area contributed by atoms with Crippen LogP contribution in [0.3, 0.4) is 0 Å². The molecule has 4 heterocycles. The van der Waals surface area contributed by atoms with E-state index in [9.17, 15) is 4.57 Å². The summed E-state index contributed by atoms with van der Waals surface area (Å²) in [5.41, 5.74) is 4.83. The van der Waals surface area contributed by atoms with E-state index in [0.29, 0.717) is 17.8 Å². The van der Waals surface area contributed by atoms with E-state index in [1.165, 1.54) is 35.4 Å². The Kier molecular flexibility index (Phi) is 9.70. The molecule has 2 aromatic heterocycles. The molecule has 0 radical (unpaired) electrons. The Labute approximate surface area is 270 Å². The molecule has 2 aromatic carbocycles. The molecule has 12 heteroatoms. The highest BCUT2D eigenvalue weighted by atomic mass is 32.1. The minimum atomic E-state index is -2.54. The highest BCUT2D eigenvalue weighted by Crippen LogP contribution is 2.40. The number of benzene rings is 2. The molecule has 10 nitrogen and oxygen atoms in total. The van der Waals surface area contributed by atoms with Crippen molar-refractivity contribution in [2.45, 2.75) is 32.2 Å². The van der Waals surface area contributed by atoms with Gasteiger partial charge in [0.05, 0.1) is 24.0 Å². The Bertz CT molecular complexity index is 1650. The lowest BCUT2D eigenvalue weighted by Crippen LogP contribution is -2.52. The highest BCUT2D eigenvalue weighted by molar-refractivity contribution is 7.70. The van der Waals surface area contributed by atoms with Crippen LogP contribution < -0.4 is 30.9 Å². The molecule has 0 amide bonds. The van der Waals surface area contributed by atoms with Crippen molar-refractivity contribution in [3.63, 3.8) is 0 Å². The van der Waals surface area contributed by atoms with Gasteiger partial charge in [0.25, 0.3) is 0 Å². The van der Waals surface area contributed by atoms with Gasteiger partial charge in [0, 0.05) is 80.1 Å². The maximum absolute atomic E-state index is 13.1. The summed E-state index contributed by atoms with van der Waals surface area (Å²) in [4.78, 5) is 19.3. The second-order valence-corrected chi connectivity index (χ2v) is 16.0. The van der Waals surface area contributed by atoms with E-state index < -0.39 is 7.14 Å². The van der Waals surface area contributed by atoms with Gasteiger partial charge in [0.1, 0.15) is 23.7 Å². The average molecular weight is 647 g/mol. The van der Waals surface area contributed by atoms with E-state index in [2.05, 4.69) is 54.8 Å². The molecule has 0 aliphatic carbocycles. The van der Waals surface area contributed by atoms with Crippen molar-refractivity contribution in [2.24, 2.45) is 0 Å². The molecule has 2 fully saturated rings. The van der Waals surface area contributed by atoms with Crippen LogP contribution in [0.5, 0.6) is 5.75 Å². The Hall–Kier alpha value is -3.50. The van der Waals surface area contributed by atoms with Gasteiger partial charge in [-0.2, -0.15) is 4.98 Å². The summed E-state index contributed by atoms with van der Waals surface area (Å²) in [7, 11) is -0.837. The van der Waals surface area contributed by atoms with Gasteiger partial charge >= 0.3 is 0 Å². The van der Waals surface area contributed by atoms with Crippen LogP contribution in [-0.4, -0.2) is 85.6 Å². The number of piperidine rings is 1. The highest BCUT2D eigenvalue weighted by Gasteiger charge is 2.27. The number of aryl methyl sites for hydroxylation is 1. The summed E-state index contributed by atoms with van der Waals surface area (Å²) in [5.74, 6) is 1.76. The molecule has 2 aliphatic heterocycles. The number of para-hydroxylation sites is 1. The first-order valence-corrected chi connectivity index (χ1v) is 19.2. The second-order valence-electron chi connectivity index (χ2n) is 12.0. The van der Waals surface area contributed by atoms with Crippen molar-refractivity contribution >= 4 is 52.6 Å². The fourth-order valence-electron chi connectivity index (χ4n) is 6.32. The van der Waals surface area contributed by atoms with Crippen LogP contribution in [-0.2, 0) is 11.0 Å². The Balaban J connectivity index is 1.27. The zero-order valence-electron chi connectivity index (χ0n) is 26.5. The molecular weight excluding hydrogens is 603 g/mol. The number of thiazole rings is 1. The molecule has 238 valence electrons. The molecule has 2 saturated heterocycles. The van der Waals surface area contributed by atoms with Crippen molar-refractivity contribution in [1.29, 1.82) is 0 Å². The SMILES string of the molecule is CCc1cc(Nc2ncc(-c3nccs3)c(Nc3ccccc3P(C)(C)=O)n2)c(OC)cc1N1CCC(N2CCNCC2)CC1. The zero-order valence-corrected chi connectivity index (χ0v) is 28.3. The van der Waals surface area contributed by atoms with Crippen LogP contribution in [0.1, 0.15) is 25.3 Å². The molecule has 0 atom stereocenters. The van der Waals surface area contributed by atoms with E-state index in [0.717, 1.165) is 78.7 Å². The monoisotopic (exact) mass is 646 g/mol. The number of rotatable bonds is 10. The van der Waals surface area contributed by atoms with Gasteiger partial charge < -0.3 is 30.2 Å². The van der Waals surface area contributed by atoms with Crippen LogP contribution in [0, 0.1) is 0 Å². The third-order valence-corrected chi connectivity index (χ3v) is 11.0. The summed E-state index contributed by atoms with van der Waals surface area (Å²) in [6.45, 7) is 12.3. The summed E-state index contributed by atoms with van der Waals surface area (Å²) in [5, 5.41) is 13.9. The molecule has 0 spiro atoms. The van der Waals surface area contributed by atoms with E-state index in [4.69, 9.17) is 9.72 Å². The summed E-state index contributed by atoms with van der Waals surface area (Å²) in [6.07, 6.45) is 6.79. The maximum atomic E-state index is 13.1. The summed E-state index contributed by atoms with van der Waals surface area (Å²) >= 11 is 1.52. The minimum absolute atomic E-state index is 0.427. The molecule has 6 rings (SSSR count). The van der Waals surface area contributed by atoms with Gasteiger partial charge in [-0.3, -0.25) is 4.90 Å². The number of methoxy groups -OCH3 is 1. The molecule has 0 saturated carbocycles. The quantitative estimate of drug-likeness (QED) is 0.184. The fraction of sp³-hybridized carbons (Fsp3) is 0.424. The number of nitrogens with one attached hydrogen (secondary N) is 3. The standard InChI is InChI=1S/C33H43N8O2PS/c1-5-23-20-27(29(43-2)21-28(23)41-15-10-24(11-16-41)40-17-12-34-13-18-40)38-33-36-22-25(32-35-14-19-45-32)31(39-33)37-26-8-6-7-9-30(26)44(3,4)42/h6-9,14,19-22,24,34H,5,10-13,15-18H2,1-4H3,(H2,36,37,38,39). The lowest BCUT2D eigenvalue weighted by molar-refractivity contribution is 0.150. The normalized spacial score (nSPS) is 16.5. The van der Waals surface area contributed by atoms with E-state index in [1.54, 1.807) is 32.8 Å². The lowest BCUT2D eigenvalue weighted by atomic mass is 9.99.